The fraction of sp³-hybridized carbons (Fsp3) is 0.650. The number of halogens is 1. The highest BCUT2D eigenvalue weighted by Gasteiger charge is 2.39. The molecule has 3 rings (SSSR count). The molecule has 0 aliphatic carbocycles. The average Bonchev–Trinajstić information content (AvgIpc) is 2.62. The number of amides is 1. The Balaban J connectivity index is 1.56. The SMILES string of the molecule is CC(C)(C)OC(=O)N1CCC2(CC1)CCN(c1ccc([N+](=O)[O-])cc1Br)CC2. The molecule has 154 valence electrons. The summed E-state index contributed by atoms with van der Waals surface area (Å²) in [7, 11) is 0. The highest BCUT2D eigenvalue weighted by atomic mass is 79.9. The zero-order valence-electron chi connectivity index (χ0n) is 16.7. The second-order valence-electron chi connectivity index (χ2n) is 8.85. The molecule has 1 spiro atoms. The average molecular weight is 454 g/mol. The second kappa shape index (κ2) is 7.89. The van der Waals surface area contributed by atoms with Crippen LogP contribution in [0.3, 0.4) is 0 Å². The number of benzene rings is 1. The summed E-state index contributed by atoms with van der Waals surface area (Å²) in [5, 5.41) is 10.9. The Morgan fingerprint density at radius 3 is 2.21 bits per heavy atom. The van der Waals surface area contributed by atoms with Crippen LogP contribution < -0.4 is 4.90 Å². The number of carbonyl (C=O) groups is 1. The van der Waals surface area contributed by atoms with Crippen molar-refractivity contribution in [1.29, 1.82) is 0 Å². The Morgan fingerprint density at radius 2 is 1.71 bits per heavy atom. The van der Waals surface area contributed by atoms with Gasteiger partial charge in [0.1, 0.15) is 5.60 Å². The van der Waals surface area contributed by atoms with E-state index in [0.29, 0.717) is 0 Å². The van der Waals surface area contributed by atoms with Crippen LogP contribution in [0.15, 0.2) is 22.7 Å². The van der Waals surface area contributed by atoms with Crippen molar-refractivity contribution in [2.24, 2.45) is 5.41 Å². The van der Waals surface area contributed by atoms with Crippen molar-refractivity contribution < 1.29 is 14.5 Å². The fourth-order valence-corrected chi connectivity index (χ4v) is 4.70. The van der Waals surface area contributed by atoms with E-state index in [0.717, 1.165) is 62.0 Å². The standard InChI is InChI=1S/C20H28BrN3O4/c1-19(2,3)28-18(25)23-12-8-20(9-13-23)6-10-22(11-7-20)17-5-4-15(24(26)27)14-16(17)21/h4-5,14H,6-13H2,1-3H3. The Kier molecular flexibility index (Phi) is 5.89. The van der Waals surface area contributed by atoms with Crippen LogP contribution in [0.5, 0.6) is 0 Å². The highest BCUT2D eigenvalue weighted by Crippen LogP contribution is 2.43. The number of nitro benzene ring substituents is 1. The van der Waals surface area contributed by atoms with Gasteiger partial charge in [0.25, 0.3) is 5.69 Å². The van der Waals surface area contributed by atoms with Crippen molar-refractivity contribution in [2.75, 3.05) is 31.1 Å². The highest BCUT2D eigenvalue weighted by molar-refractivity contribution is 9.10. The van der Waals surface area contributed by atoms with Crippen molar-refractivity contribution in [2.45, 2.75) is 52.1 Å². The summed E-state index contributed by atoms with van der Waals surface area (Å²) in [4.78, 5) is 26.9. The lowest BCUT2D eigenvalue weighted by Gasteiger charge is -2.47. The molecule has 1 amide bonds. The molecule has 7 nitrogen and oxygen atoms in total. The van der Waals surface area contributed by atoms with Crippen LogP contribution in [0.25, 0.3) is 0 Å². The Labute approximate surface area is 174 Å². The first-order chi connectivity index (χ1) is 13.1. The summed E-state index contributed by atoms with van der Waals surface area (Å²) in [5.41, 5.74) is 0.920. The summed E-state index contributed by atoms with van der Waals surface area (Å²) < 4.78 is 6.25. The van der Waals surface area contributed by atoms with Crippen molar-refractivity contribution >= 4 is 33.4 Å². The molecule has 2 aliphatic heterocycles. The van der Waals surface area contributed by atoms with Gasteiger partial charge in [-0.3, -0.25) is 10.1 Å². The van der Waals surface area contributed by atoms with Crippen molar-refractivity contribution in [3.05, 3.63) is 32.8 Å². The molecule has 2 heterocycles. The van der Waals surface area contributed by atoms with Crippen LogP contribution in [0.2, 0.25) is 0 Å². The van der Waals surface area contributed by atoms with E-state index in [1.807, 2.05) is 31.7 Å². The van der Waals surface area contributed by atoms with E-state index in [9.17, 15) is 14.9 Å². The van der Waals surface area contributed by atoms with Gasteiger partial charge in [0, 0.05) is 42.8 Å². The molecule has 28 heavy (non-hydrogen) atoms. The van der Waals surface area contributed by atoms with Gasteiger partial charge in [0.2, 0.25) is 0 Å². The number of hydrogen-bond acceptors (Lipinski definition) is 5. The van der Waals surface area contributed by atoms with Gasteiger partial charge in [0.15, 0.2) is 0 Å². The largest absolute Gasteiger partial charge is 0.444 e. The summed E-state index contributed by atoms with van der Waals surface area (Å²) in [6.45, 7) is 9.01. The normalized spacial score (nSPS) is 19.6. The molecule has 0 saturated carbocycles. The molecule has 1 aromatic carbocycles. The Bertz CT molecular complexity index is 744. The quantitative estimate of drug-likeness (QED) is 0.466. The zero-order valence-corrected chi connectivity index (χ0v) is 18.3. The number of piperidine rings is 2. The lowest BCUT2D eigenvalue weighted by molar-refractivity contribution is -0.384. The summed E-state index contributed by atoms with van der Waals surface area (Å²) in [6, 6.07) is 4.95. The number of nitro groups is 1. The Hall–Kier alpha value is -1.83. The maximum absolute atomic E-state index is 12.3. The van der Waals surface area contributed by atoms with E-state index in [1.165, 1.54) is 0 Å². The predicted molar refractivity (Wildman–Crippen MR) is 112 cm³/mol. The molecule has 0 unspecified atom stereocenters. The van der Waals surface area contributed by atoms with Gasteiger partial charge in [-0.2, -0.15) is 0 Å². The summed E-state index contributed by atoms with van der Waals surface area (Å²) in [5.74, 6) is 0. The molecule has 8 heteroatoms. The minimum Gasteiger partial charge on any atom is -0.444 e. The van der Waals surface area contributed by atoms with E-state index in [4.69, 9.17) is 4.74 Å². The molecular weight excluding hydrogens is 426 g/mol. The Morgan fingerprint density at radius 1 is 1.14 bits per heavy atom. The minimum atomic E-state index is -0.463. The van der Waals surface area contributed by atoms with Gasteiger partial charge in [-0.1, -0.05) is 0 Å². The number of anilines is 1. The third kappa shape index (κ3) is 4.77. The number of nitrogens with zero attached hydrogens (tertiary/aromatic N) is 3. The number of non-ortho nitro benzene ring substituents is 1. The molecule has 1 aromatic rings. The number of rotatable bonds is 2. The zero-order chi connectivity index (χ0) is 20.5. The smallest absolute Gasteiger partial charge is 0.410 e. The van der Waals surface area contributed by atoms with Crippen molar-refractivity contribution in [3.8, 4) is 0 Å². The van der Waals surface area contributed by atoms with Crippen LogP contribution in [0.4, 0.5) is 16.2 Å². The number of hydrogen-bond donors (Lipinski definition) is 0. The molecule has 0 aromatic heterocycles. The number of likely N-dealkylation sites (tertiary alicyclic amines) is 1. The molecule has 0 N–H and O–H groups in total. The monoisotopic (exact) mass is 453 g/mol. The summed E-state index contributed by atoms with van der Waals surface area (Å²) in [6.07, 6.45) is 3.93. The van der Waals surface area contributed by atoms with Crippen LogP contribution in [-0.2, 0) is 4.74 Å². The molecular formula is C20H28BrN3O4. The van der Waals surface area contributed by atoms with E-state index < -0.39 is 5.60 Å². The number of carbonyl (C=O) groups excluding carboxylic acids is 1. The predicted octanol–water partition coefficient (Wildman–Crippen LogP) is 4.97. The first-order valence-electron chi connectivity index (χ1n) is 9.75. The van der Waals surface area contributed by atoms with Crippen LogP contribution >= 0.6 is 15.9 Å². The van der Waals surface area contributed by atoms with Gasteiger partial charge < -0.3 is 14.5 Å². The maximum atomic E-state index is 12.3. The van der Waals surface area contributed by atoms with Gasteiger partial charge in [-0.05, 0) is 73.9 Å². The lowest BCUT2D eigenvalue weighted by Crippen LogP contribution is -2.49. The van der Waals surface area contributed by atoms with Gasteiger partial charge in [-0.15, -0.1) is 0 Å². The van der Waals surface area contributed by atoms with E-state index in [1.54, 1.807) is 12.1 Å². The first-order valence-corrected chi connectivity index (χ1v) is 10.5. The topological polar surface area (TPSA) is 75.9 Å². The summed E-state index contributed by atoms with van der Waals surface area (Å²) >= 11 is 3.48. The van der Waals surface area contributed by atoms with Gasteiger partial charge in [0.05, 0.1) is 10.6 Å². The van der Waals surface area contributed by atoms with Gasteiger partial charge in [-0.25, -0.2) is 4.79 Å². The molecule has 2 saturated heterocycles. The maximum Gasteiger partial charge on any atom is 0.410 e. The first kappa shape index (κ1) is 20.9. The molecule has 2 aliphatic rings. The third-order valence-corrected chi connectivity index (χ3v) is 6.42. The molecule has 0 atom stereocenters. The van der Waals surface area contributed by atoms with Crippen LogP contribution in [0.1, 0.15) is 46.5 Å². The van der Waals surface area contributed by atoms with E-state index in [-0.39, 0.29) is 22.1 Å². The van der Waals surface area contributed by atoms with Gasteiger partial charge >= 0.3 is 6.09 Å². The molecule has 2 fully saturated rings. The second-order valence-corrected chi connectivity index (χ2v) is 9.70. The lowest BCUT2D eigenvalue weighted by atomic mass is 9.71. The van der Waals surface area contributed by atoms with Crippen LogP contribution in [0, 0.1) is 15.5 Å². The van der Waals surface area contributed by atoms with Crippen molar-refractivity contribution in [1.82, 2.24) is 4.90 Å². The van der Waals surface area contributed by atoms with Crippen LogP contribution in [-0.4, -0.2) is 47.7 Å². The fourth-order valence-electron chi connectivity index (χ4n) is 4.08. The number of ether oxygens (including phenoxy) is 1. The minimum absolute atomic E-state index is 0.0959. The van der Waals surface area contributed by atoms with Crippen molar-refractivity contribution in [3.63, 3.8) is 0 Å². The molecule has 0 bridgehead atoms. The molecule has 0 radical (unpaired) electrons. The third-order valence-electron chi connectivity index (χ3n) is 5.78. The van der Waals surface area contributed by atoms with E-state index in [2.05, 4.69) is 20.8 Å². The van der Waals surface area contributed by atoms with E-state index >= 15 is 0 Å².